The molecule has 2 amide bonds. The molecule has 2 N–H and O–H groups in total. The van der Waals surface area contributed by atoms with E-state index in [0.29, 0.717) is 25.9 Å². The quantitative estimate of drug-likeness (QED) is 0.393. The highest BCUT2D eigenvalue weighted by molar-refractivity contribution is 6.23. The van der Waals surface area contributed by atoms with Crippen LogP contribution < -0.4 is 5.32 Å². The molecule has 5 rings (SSSR count). The van der Waals surface area contributed by atoms with E-state index < -0.39 is 6.04 Å². The third kappa shape index (κ3) is 4.45. The molecular weight excluding hydrogens is 424 g/mol. The smallest absolute Gasteiger partial charge is 0.247 e. The molecule has 1 atom stereocenters. The standard InChI is InChI=1S/C29H32N2O3/c32-19-25(29(34)31-17-3-1-2-4-18-31)30-26(33)10-6-7-20-11-12-23-14-13-21-8-5-9-22-15-16-24(20)28(23)27(21)22/h5,8-9,11-16,25,32H,1-4,6-7,10,17-19H2,(H,30,33)/t25-/m0/s1. The second-order valence-corrected chi connectivity index (χ2v) is 9.48. The Kier molecular flexibility index (Phi) is 6.63. The van der Waals surface area contributed by atoms with E-state index in [-0.39, 0.29) is 18.4 Å². The minimum Gasteiger partial charge on any atom is -0.394 e. The van der Waals surface area contributed by atoms with Gasteiger partial charge in [-0.15, -0.1) is 0 Å². The van der Waals surface area contributed by atoms with Crippen molar-refractivity contribution in [3.05, 3.63) is 60.2 Å². The number of hydrogen-bond donors (Lipinski definition) is 2. The van der Waals surface area contributed by atoms with E-state index in [4.69, 9.17) is 0 Å². The van der Waals surface area contributed by atoms with Crippen LogP contribution in [-0.2, 0) is 16.0 Å². The van der Waals surface area contributed by atoms with E-state index in [0.717, 1.165) is 32.1 Å². The second kappa shape index (κ2) is 9.98. The fourth-order valence-corrected chi connectivity index (χ4v) is 5.42. The summed E-state index contributed by atoms with van der Waals surface area (Å²) in [6.07, 6.45) is 6.02. The lowest BCUT2D eigenvalue weighted by molar-refractivity contribution is -0.137. The zero-order chi connectivity index (χ0) is 23.5. The topological polar surface area (TPSA) is 69.6 Å². The molecule has 0 spiro atoms. The molecule has 5 nitrogen and oxygen atoms in total. The van der Waals surface area contributed by atoms with Gasteiger partial charge in [-0.3, -0.25) is 9.59 Å². The van der Waals surface area contributed by atoms with E-state index >= 15 is 0 Å². The van der Waals surface area contributed by atoms with E-state index in [9.17, 15) is 14.7 Å². The molecule has 0 radical (unpaired) electrons. The number of amides is 2. The first-order chi connectivity index (χ1) is 16.7. The molecule has 1 heterocycles. The number of likely N-dealkylation sites (tertiary alicyclic amines) is 1. The molecule has 0 aromatic heterocycles. The monoisotopic (exact) mass is 456 g/mol. The molecule has 0 saturated carbocycles. The average molecular weight is 457 g/mol. The number of nitrogens with zero attached hydrogens (tertiary/aromatic N) is 1. The molecule has 0 bridgehead atoms. The minimum absolute atomic E-state index is 0.162. The number of carbonyl (C=O) groups is 2. The number of aliphatic hydroxyl groups is 1. The maximum absolute atomic E-state index is 12.8. The highest BCUT2D eigenvalue weighted by Crippen LogP contribution is 2.36. The Bertz CT molecular complexity index is 1290. The Balaban J connectivity index is 1.25. The second-order valence-electron chi connectivity index (χ2n) is 9.48. The van der Waals surface area contributed by atoms with Gasteiger partial charge in [0.2, 0.25) is 11.8 Å². The van der Waals surface area contributed by atoms with E-state index in [1.165, 1.54) is 37.9 Å². The lowest BCUT2D eigenvalue weighted by atomic mass is 9.90. The molecule has 0 aliphatic carbocycles. The van der Waals surface area contributed by atoms with Gasteiger partial charge < -0.3 is 15.3 Å². The molecule has 176 valence electrons. The fourth-order valence-electron chi connectivity index (χ4n) is 5.42. The number of hydrogen-bond acceptors (Lipinski definition) is 3. The van der Waals surface area contributed by atoms with Crippen LogP contribution in [0.2, 0.25) is 0 Å². The van der Waals surface area contributed by atoms with E-state index in [1.807, 2.05) is 0 Å². The molecular formula is C29H32N2O3. The van der Waals surface area contributed by atoms with Gasteiger partial charge in [-0.25, -0.2) is 0 Å². The number of nitrogens with one attached hydrogen (secondary N) is 1. The summed E-state index contributed by atoms with van der Waals surface area (Å²) in [7, 11) is 0. The molecule has 4 aromatic carbocycles. The van der Waals surface area contributed by atoms with Gasteiger partial charge in [-0.05, 0) is 63.6 Å². The zero-order valence-electron chi connectivity index (χ0n) is 19.6. The number of aryl methyl sites for hydroxylation is 1. The first kappa shape index (κ1) is 22.6. The van der Waals surface area contributed by atoms with E-state index in [1.54, 1.807) is 4.90 Å². The van der Waals surface area contributed by atoms with Crippen LogP contribution in [0, 0.1) is 0 Å². The van der Waals surface area contributed by atoms with Crippen LogP contribution in [0.15, 0.2) is 54.6 Å². The minimum atomic E-state index is -0.847. The van der Waals surface area contributed by atoms with Gasteiger partial charge in [-0.1, -0.05) is 67.4 Å². The van der Waals surface area contributed by atoms with Crippen LogP contribution in [0.1, 0.15) is 44.1 Å². The van der Waals surface area contributed by atoms with Gasteiger partial charge >= 0.3 is 0 Å². The van der Waals surface area contributed by atoms with Crippen LogP contribution >= 0.6 is 0 Å². The summed E-state index contributed by atoms with van der Waals surface area (Å²) in [5, 5.41) is 20.1. The van der Waals surface area contributed by atoms with Crippen molar-refractivity contribution in [2.45, 2.75) is 51.0 Å². The predicted molar refractivity (Wildman–Crippen MR) is 137 cm³/mol. The lowest BCUT2D eigenvalue weighted by Crippen LogP contribution is -2.50. The summed E-state index contributed by atoms with van der Waals surface area (Å²) in [6.45, 7) is 1.05. The van der Waals surface area contributed by atoms with Gasteiger partial charge in [0.15, 0.2) is 0 Å². The largest absolute Gasteiger partial charge is 0.394 e. The number of carbonyl (C=O) groups excluding carboxylic acids is 2. The van der Waals surface area contributed by atoms with Crippen molar-refractivity contribution in [1.82, 2.24) is 10.2 Å². The third-order valence-electron chi connectivity index (χ3n) is 7.20. The first-order valence-corrected chi connectivity index (χ1v) is 12.5. The van der Waals surface area contributed by atoms with Gasteiger partial charge in [-0.2, -0.15) is 0 Å². The van der Waals surface area contributed by atoms with Crippen molar-refractivity contribution in [1.29, 1.82) is 0 Å². The third-order valence-corrected chi connectivity index (χ3v) is 7.20. The van der Waals surface area contributed by atoms with Crippen molar-refractivity contribution < 1.29 is 14.7 Å². The van der Waals surface area contributed by atoms with Gasteiger partial charge in [0.1, 0.15) is 6.04 Å². The van der Waals surface area contributed by atoms with Crippen molar-refractivity contribution in [3.63, 3.8) is 0 Å². The molecule has 1 aliphatic heterocycles. The molecule has 4 aromatic rings. The normalized spacial score (nSPS) is 15.6. The Hall–Kier alpha value is -3.18. The SMILES string of the molecule is O=C(CCCc1ccc2ccc3cccc4ccc1c2c34)N[C@@H](CO)C(=O)N1CCCCCC1. The maximum atomic E-state index is 12.8. The van der Waals surface area contributed by atoms with Crippen molar-refractivity contribution in [2.75, 3.05) is 19.7 Å². The number of benzene rings is 4. The summed E-state index contributed by atoms with van der Waals surface area (Å²) < 4.78 is 0. The van der Waals surface area contributed by atoms with E-state index in [2.05, 4.69) is 59.9 Å². The summed E-state index contributed by atoms with van der Waals surface area (Å²) >= 11 is 0. The zero-order valence-corrected chi connectivity index (χ0v) is 19.6. The average Bonchev–Trinajstić information content (AvgIpc) is 3.16. The molecule has 0 unspecified atom stereocenters. The Morgan fingerprint density at radius 2 is 1.50 bits per heavy atom. The Morgan fingerprint density at radius 1 is 0.853 bits per heavy atom. The summed E-state index contributed by atoms with van der Waals surface area (Å²) in [4.78, 5) is 27.2. The molecule has 5 heteroatoms. The van der Waals surface area contributed by atoms with Crippen molar-refractivity contribution >= 4 is 44.1 Å². The molecule has 34 heavy (non-hydrogen) atoms. The number of rotatable bonds is 7. The maximum Gasteiger partial charge on any atom is 0.247 e. The van der Waals surface area contributed by atoms with Crippen molar-refractivity contribution in [3.8, 4) is 0 Å². The van der Waals surface area contributed by atoms with Crippen LogP contribution in [0.3, 0.4) is 0 Å². The van der Waals surface area contributed by atoms with Crippen molar-refractivity contribution in [2.24, 2.45) is 0 Å². The highest BCUT2D eigenvalue weighted by Gasteiger charge is 2.25. The summed E-state index contributed by atoms with van der Waals surface area (Å²) in [5.41, 5.74) is 1.23. The van der Waals surface area contributed by atoms with Gasteiger partial charge in [0.05, 0.1) is 6.61 Å². The predicted octanol–water partition coefficient (Wildman–Crippen LogP) is 4.79. The Labute approximate surface area is 200 Å². The highest BCUT2D eigenvalue weighted by atomic mass is 16.3. The Morgan fingerprint density at radius 3 is 2.21 bits per heavy atom. The molecule has 1 aliphatic rings. The number of aliphatic hydroxyl groups excluding tert-OH is 1. The lowest BCUT2D eigenvalue weighted by Gasteiger charge is -2.25. The van der Waals surface area contributed by atoms with Gasteiger partial charge in [0, 0.05) is 19.5 Å². The summed E-state index contributed by atoms with van der Waals surface area (Å²) in [5.74, 6) is -0.343. The fraction of sp³-hybridized carbons (Fsp3) is 0.379. The van der Waals surface area contributed by atoms with Gasteiger partial charge in [0.25, 0.3) is 0 Å². The van der Waals surface area contributed by atoms with Crippen LogP contribution in [-0.4, -0.2) is 47.6 Å². The first-order valence-electron chi connectivity index (χ1n) is 12.5. The molecule has 1 saturated heterocycles. The summed E-state index contributed by atoms with van der Waals surface area (Å²) in [6, 6.07) is 18.6. The van der Waals surface area contributed by atoms with Crippen LogP contribution in [0.5, 0.6) is 0 Å². The molecule has 1 fully saturated rings. The van der Waals surface area contributed by atoms with Crippen LogP contribution in [0.4, 0.5) is 0 Å². The van der Waals surface area contributed by atoms with Crippen LogP contribution in [0.25, 0.3) is 32.3 Å².